The van der Waals surface area contributed by atoms with Crippen molar-refractivity contribution in [3.63, 3.8) is 0 Å². The molecule has 0 amide bonds. The summed E-state index contributed by atoms with van der Waals surface area (Å²) >= 11 is 0. The Bertz CT molecular complexity index is 364. The molecule has 3 N–H and O–H groups in total. The number of hydrogen-bond acceptors (Lipinski definition) is 4. The average molecular weight is 281 g/mol. The molecule has 114 valence electrons. The molecule has 0 saturated carbocycles. The van der Waals surface area contributed by atoms with E-state index in [2.05, 4.69) is 5.32 Å². The smallest absolute Gasteiger partial charge is 0.119 e. The van der Waals surface area contributed by atoms with Crippen LogP contribution in [0.15, 0.2) is 24.3 Å². The van der Waals surface area contributed by atoms with E-state index in [0.29, 0.717) is 13.0 Å². The van der Waals surface area contributed by atoms with Crippen LogP contribution in [-0.4, -0.2) is 35.5 Å². The van der Waals surface area contributed by atoms with Crippen LogP contribution in [-0.2, 0) is 0 Å². The fraction of sp³-hybridized carbons (Fsp3) is 0.625. The highest BCUT2D eigenvalue weighted by Gasteiger charge is 2.18. The van der Waals surface area contributed by atoms with Gasteiger partial charge in [0.15, 0.2) is 0 Å². The van der Waals surface area contributed by atoms with E-state index in [1.807, 2.05) is 45.0 Å². The number of ether oxygens (including phenoxy) is 1. The van der Waals surface area contributed by atoms with Gasteiger partial charge in [-0.05, 0) is 50.9 Å². The maximum absolute atomic E-state index is 10.4. The van der Waals surface area contributed by atoms with Gasteiger partial charge in [-0.15, -0.1) is 0 Å². The Balaban J connectivity index is 2.62. The van der Waals surface area contributed by atoms with Crippen LogP contribution in [0.3, 0.4) is 0 Å². The zero-order valence-electron chi connectivity index (χ0n) is 12.7. The van der Waals surface area contributed by atoms with E-state index >= 15 is 0 Å². The van der Waals surface area contributed by atoms with Crippen LogP contribution in [0.1, 0.15) is 45.3 Å². The van der Waals surface area contributed by atoms with Gasteiger partial charge in [0.25, 0.3) is 0 Å². The largest absolute Gasteiger partial charge is 0.491 e. The molecule has 0 aliphatic rings. The molecule has 1 rings (SSSR count). The van der Waals surface area contributed by atoms with Gasteiger partial charge in [-0.1, -0.05) is 19.1 Å². The van der Waals surface area contributed by atoms with Crippen LogP contribution in [0.5, 0.6) is 5.75 Å². The molecule has 0 fully saturated rings. The van der Waals surface area contributed by atoms with E-state index in [4.69, 9.17) is 9.84 Å². The van der Waals surface area contributed by atoms with E-state index in [0.717, 1.165) is 17.7 Å². The third-order valence-electron chi connectivity index (χ3n) is 3.16. The highest BCUT2D eigenvalue weighted by atomic mass is 16.5. The van der Waals surface area contributed by atoms with Gasteiger partial charge in [0.1, 0.15) is 5.75 Å². The van der Waals surface area contributed by atoms with Crippen LogP contribution in [0, 0.1) is 0 Å². The van der Waals surface area contributed by atoms with Gasteiger partial charge in [-0.2, -0.15) is 0 Å². The van der Waals surface area contributed by atoms with Gasteiger partial charge < -0.3 is 20.3 Å². The second-order valence-electron chi connectivity index (χ2n) is 5.23. The first-order valence-electron chi connectivity index (χ1n) is 7.37. The molecular formula is C16H27NO3. The number of aliphatic hydroxyl groups excluding tert-OH is 2. The molecule has 2 atom stereocenters. The summed E-state index contributed by atoms with van der Waals surface area (Å²) in [7, 11) is 0. The summed E-state index contributed by atoms with van der Waals surface area (Å²) < 4.78 is 5.59. The molecule has 1 aromatic rings. The average Bonchev–Trinajstić information content (AvgIpc) is 2.43. The maximum Gasteiger partial charge on any atom is 0.119 e. The fourth-order valence-electron chi connectivity index (χ4n) is 2.09. The molecule has 0 radical (unpaired) electrons. The van der Waals surface area contributed by atoms with Crippen molar-refractivity contribution in [1.82, 2.24) is 5.32 Å². The number of aliphatic hydroxyl groups is 2. The summed E-state index contributed by atoms with van der Waals surface area (Å²) in [6, 6.07) is 7.58. The van der Waals surface area contributed by atoms with Crippen molar-refractivity contribution in [2.24, 2.45) is 0 Å². The first-order valence-corrected chi connectivity index (χ1v) is 7.37. The quantitative estimate of drug-likeness (QED) is 0.608. The molecule has 0 aliphatic carbocycles. The van der Waals surface area contributed by atoms with Crippen molar-refractivity contribution in [3.05, 3.63) is 29.8 Å². The minimum Gasteiger partial charge on any atom is -0.491 e. The molecule has 0 saturated heterocycles. The summed E-state index contributed by atoms with van der Waals surface area (Å²) in [5.41, 5.74) is 0.879. The second-order valence-corrected chi connectivity index (χ2v) is 5.23. The van der Waals surface area contributed by atoms with Gasteiger partial charge >= 0.3 is 0 Å². The Labute approximate surface area is 121 Å². The third kappa shape index (κ3) is 5.49. The first-order chi connectivity index (χ1) is 9.58. The van der Waals surface area contributed by atoms with Gasteiger partial charge in [0, 0.05) is 12.6 Å². The summed E-state index contributed by atoms with van der Waals surface area (Å²) in [4.78, 5) is 0. The summed E-state index contributed by atoms with van der Waals surface area (Å²) in [5, 5.41) is 22.5. The summed E-state index contributed by atoms with van der Waals surface area (Å²) in [5.74, 6) is 0.817. The zero-order chi connectivity index (χ0) is 15.0. The molecule has 4 heteroatoms. The Morgan fingerprint density at radius 1 is 1.20 bits per heavy atom. The molecule has 20 heavy (non-hydrogen) atoms. The molecule has 0 aliphatic heterocycles. The van der Waals surface area contributed by atoms with Crippen molar-refractivity contribution in [2.75, 3.05) is 13.2 Å². The maximum atomic E-state index is 10.4. The topological polar surface area (TPSA) is 61.7 Å². The van der Waals surface area contributed by atoms with Gasteiger partial charge in [0.05, 0.1) is 12.2 Å². The van der Waals surface area contributed by atoms with Crippen molar-refractivity contribution in [1.29, 1.82) is 0 Å². The van der Waals surface area contributed by atoms with E-state index < -0.39 is 6.10 Å². The minimum absolute atomic E-state index is 0.00147. The van der Waals surface area contributed by atoms with E-state index in [-0.39, 0.29) is 18.8 Å². The number of benzene rings is 1. The Morgan fingerprint density at radius 3 is 2.35 bits per heavy atom. The molecule has 0 heterocycles. The molecule has 0 spiro atoms. The number of hydrogen-bond donors (Lipinski definition) is 3. The molecule has 1 aromatic carbocycles. The second kappa shape index (κ2) is 8.95. The van der Waals surface area contributed by atoms with Crippen molar-refractivity contribution in [3.8, 4) is 5.75 Å². The predicted molar refractivity (Wildman–Crippen MR) is 81.0 cm³/mol. The van der Waals surface area contributed by atoms with Crippen LogP contribution in [0.2, 0.25) is 0 Å². The van der Waals surface area contributed by atoms with Crippen molar-refractivity contribution in [2.45, 2.75) is 51.9 Å². The van der Waals surface area contributed by atoms with E-state index in [1.54, 1.807) is 0 Å². The molecule has 0 bridgehead atoms. The molecule has 2 unspecified atom stereocenters. The standard InChI is InChI=1S/C16H27NO3/c1-4-15(17-10-5-11-18)16(19)13-6-8-14(9-7-13)20-12(2)3/h6-9,12,15-19H,4-5,10-11H2,1-3H3. The monoisotopic (exact) mass is 281 g/mol. The molecule has 4 nitrogen and oxygen atoms in total. The first kappa shape index (κ1) is 17.0. The van der Waals surface area contributed by atoms with Crippen molar-refractivity contribution < 1.29 is 14.9 Å². The van der Waals surface area contributed by atoms with Gasteiger partial charge in [0.2, 0.25) is 0 Å². The molecule has 0 aromatic heterocycles. The van der Waals surface area contributed by atoms with E-state index in [1.165, 1.54) is 0 Å². The lowest BCUT2D eigenvalue weighted by Gasteiger charge is -2.23. The lowest BCUT2D eigenvalue weighted by Crippen LogP contribution is -2.35. The summed E-state index contributed by atoms with van der Waals surface area (Å²) in [6.45, 7) is 6.89. The number of rotatable bonds is 9. The normalized spacial score (nSPS) is 14.3. The predicted octanol–water partition coefficient (Wildman–Crippen LogP) is 2.26. The lowest BCUT2D eigenvalue weighted by molar-refractivity contribution is 0.124. The molecular weight excluding hydrogens is 254 g/mol. The Hall–Kier alpha value is -1.10. The minimum atomic E-state index is -0.549. The van der Waals surface area contributed by atoms with Gasteiger partial charge in [-0.3, -0.25) is 0 Å². The lowest BCUT2D eigenvalue weighted by atomic mass is 10.00. The number of nitrogens with one attached hydrogen (secondary N) is 1. The Morgan fingerprint density at radius 2 is 1.85 bits per heavy atom. The van der Waals surface area contributed by atoms with Gasteiger partial charge in [-0.25, -0.2) is 0 Å². The van der Waals surface area contributed by atoms with Crippen LogP contribution >= 0.6 is 0 Å². The fourth-order valence-corrected chi connectivity index (χ4v) is 2.09. The third-order valence-corrected chi connectivity index (χ3v) is 3.16. The Kier molecular flexibility index (Phi) is 7.59. The van der Waals surface area contributed by atoms with Crippen LogP contribution in [0.4, 0.5) is 0 Å². The highest BCUT2D eigenvalue weighted by molar-refractivity contribution is 5.29. The highest BCUT2D eigenvalue weighted by Crippen LogP contribution is 2.22. The van der Waals surface area contributed by atoms with Crippen LogP contribution < -0.4 is 10.1 Å². The SMILES string of the molecule is CCC(NCCCO)C(O)c1ccc(OC(C)C)cc1. The van der Waals surface area contributed by atoms with E-state index in [9.17, 15) is 5.11 Å². The zero-order valence-corrected chi connectivity index (χ0v) is 12.7. The van der Waals surface area contributed by atoms with Crippen molar-refractivity contribution >= 4 is 0 Å². The summed E-state index contributed by atoms with van der Waals surface area (Å²) in [6.07, 6.45) is 1.13. The van der Waals surface area contributed by atoms with Crippen LogP contribution in [0.25, 0.3) is 0 Å².